The van der Waals surface area contributed by atoms with Crippen LogP contribution in [0.15, 0.2) is 144 Å². The van der Waals surface area contributed by atoms with Gasteiger partial charge in [0.25, 0.3) is 5.56 Å². The lowest BCUT2D eigenvalue weighted by molar-refractivity contribution is 0.918. The maximum atomic E-state index is 14.1. The van der Waals surface area contributed by atoms with Gasteiger partial charge in [0.05, 0.1) is 18.0 Å². The van der Waals surface area contributed by atoms with Crippen molar-refractivity contribution >= 4 is 83.2 Å². The van der Waals surface area contributed by atoms with Crippen molar-refractivity contribution in [3.63, 3.8) is 0 Å². The normalized spacial score (nSPS) is 13.2. The van der Waals surface area contributed by atoms with Crippen LogP contribution in [0.4, 0.5) is 22.7 Å². The highest BCUT2D eigenvalue weighted by Crippen LogP contribution is 2.51. The molecule has 0 bridgehead atoms. The number of rotatable bonds is 3. The van der Waals surface area contributed by atoms with Crippen LogP contribution < -0.4 is 20.7 Å². The third kappa shape index (κ3) is 3.25. The summed E-state index contributed by atoms with van der Waals surface area (Å²) < 4.78 is 1.75. The zero-order valence-corrected chi connectivity index (χ0v) is 24.9. The molecule has 46 heavy (non-hydrogen) atoms. The SMILES string of the molecule is C=c1c2ccc3c4ccc5c6c(ccc(c7ccc(c(=O)n1-c1ccccc1)c2c37)c64)N(c1ccccc1)CN5c1ccccc1. The zero-order valence-electron chi connectivity index (χ0n) is 24.9. The van der Waals surface area contributed by atoms with Gasteiger partial charge in [-0.1, -0.05) is 91.5 Å². The van der Waals surface area contributed by atoms with Crippen LogP contribution in [0, 0.1) is 0 Å². The summed E-state index contributed by atoms with van der Waals surface area (Å²) in [6.45, 7) is 5.15. The topological polar surface area (TPSA) is 28.5 Å². The molecule has 0 aliphatic carbocycles. The molecule has 0 amide bonds. The van der Waals surface area contributed by atoms with Crippen LogP contribution in [0.5, 0.6) is 0 Å². The standard InChI is InChI=1S/C42H27N3O/c1-26-30-17-18-31-33-21-23-36-41-37(44(28-13-7-3-8-14-28)25-43(36)27-11-5-2-6-12-27)24-22-34(40(33)41)32-19-20-35(38(30)39(31)32)42(46)45(26)29-15-9-4-10-16-29/h2-24H,1,25H2. The highest BCUT2D eigenvalue weighted by molar-refractivity contribution is 6.38. The van der Waals surface area contributed by atoms with Crippen molar-refractivity contribution in [1.29, 1.82) is 0 Å². The van der Waals surface area contributed by atoms with Crippen molar-refractivity contribution in [2.24, 2.45) is 0 Å². The maximum absolute atomic E-state index is 14.1. The van der Waals surface area contributed by atoms with Gasteiger partial charge in [0, 0.05) is 49.3 Å². The Kier molecular flexibility index (Phi) is 5.04. The molecule has 216 valence electrons. The second-order valence-electron chi connectivity index (χ2n) is 12.2. The first kappa shape index (κ1) is 25.2. The van der Waals surface area contributed by atoms with Crippen molar-refractivity contribution in [2.75, 3.05) is 16.5 Å². The van der Waals surface area contributed by atoms with E-state index >= 15 is 0 Å². The lowest BCUT2D eigenvalue weighted by atomic mass is 9.86. The third-order valence-corrected chi connectivity index (χ3v) is 9.89. The Morgan fingerprint density at radius 2 is 0.804 bits per heavy atom. The fourth-order valence-electron chi connectivity index (χ4n) is 7.89. The summed E-state index contributed by atoms with van der Waals surface area (Å²) in [4.78, 5) is 18.9. The minimum atomic E-state index is -0.0413. The zero-order chi connectivity index (χ0) is 30.5. The van der Waals surface area contributed by atoms with E-state index in [-0.39, 0.29) is 5.56 Å². The summed E-state index contributed by atoms with van der Waals surface area (Å²) in [5.41, 5.74) is 5.50. The molecule has 0 N–H and O–H groups in total. The van der Waals surface area contributed by atoms with E-state index in [9.17, 15) is 4.79 Å². The number of pyridine rings is 1. The fraction of sp³-hybridized carbons (Fsp3) is 0.0238. The Labute approximate surface area is 264 Å². The molecule has 4 heteroatoms. The van der Waals surface area contributed by atoms with Crippen molar-refractivity contribution in [2.45, 2.75) is 0 Å². The Morgan fingerprint density at radius 1 is 0.413 bits per heavy atom. The third-order valence-electron chi connectivity index (χ3n) is 9.89. The minimum Gasteiger partial charge on any atom is -0.322 e. The van der Waals surface area contributed by atoms with Crippen LogP contribution in [0.25, 0.3) is 66.1 Å². The van der Waals surface area contributed by atoms with E-state index in [2.05, 4.69) is 120 Å². The summed E-state index contributed by atoms with van der Waals surface area (Å²) in [7, 11) is 0. The van der Waals surface area contributed by atoms with Crippen LogP contribution in [0.3, 0.4) is 0 Å². The molecule has 4 nitrogen and oxygen atoms in total. The maximum Gasteiger partial charge on any atom is 0.263 e. The highest BCUT2D eigenvalue weighted by atomic mass is 16.1. The predicted molar refractivity (Wildman–Crippen MR) is 194 cm³/mol. The van der Waals surface area contributed by atoms with Crippen molar-refractivity contribution in [3.05, 3.63) is 155 Å². The number of anilines is 4. The molecule has 1 aliphatic heterocycles. The van der Waals surface area contributed by atoms with Gasteiger partial charge in [0.15, 0.2) is 0 Å². The minimum absolute atomic E-state index is 0.0413. The molecule has 0 saturated heterocycles. The van der Waals surface area contributed by atoms with E-state index in [1.54, 1.807) is 4.57 Å². The molecular weight excluding hydrogens is 562 g/mol. The molecule has 0 spiro atoms. The second kappa shape index (κ2) is 9.19. The van der Waals surface area contributed by atoms with E-state index in [0.29, 0.717) is 17.4 Å². The number of hydrogen-bond acceptors (Lipinski definition) is 3. The second-order valence-corrected chi connectivity index (χ2v) is 12.2. The Balaban J connectivity index is 1.34. The summed E-state index contributed by atoms with van der Waals surface area (Å²) in [6, 6.07) is 48.8. The van der Waals surface area contributed by atoms with Gasteiger partial charge in [-0.05, 0) is 81.5 Å². The fourth-order valence-corrected chi connectivity index (χ4v) is 7.89. The van der Waals surface area contributed by atoms with Crippen LogP contribution >= 0.6 is 0 Å². The summed E-state index contributed by atoms with van der Waals surface area (Å²) in [6.07, 6.45) is 0. The average Bonchev–Trinajstić information content (AvgIpc) is 3.12. The van der Waals surface area contributed by atoms with E-state index < -0.39 is 0 Å². The summed E-state index contributed by atoms with van der Waals surface area (Å²) in [5, 5.41) is 11.7. The van der Waals surface area contributed by atoms with Crippen LogP contribution in [-0.4, -0.2) is 11.2 Å². The van der Waals surface area contributed by atoms with Gasteiger partial charge in [0.1, 0.15) is 0 Å². The first-order valence-electron chi connectivity index (χ1n) is 15.6. The van der Waals surface area contributed by atoms with Crippen molar-refractivity contribution in [1.82, 2.24) is 4.57 Å². The van der Waals surface area contributed by atoms with Gasteiger partial charge in [0.2, 0.25) is 0 Å². The predicted octanol–water partition coefficient (Wildman–Crippen LogP) is 9.42. The molecule has 1 aromatic heterocycles. The molecule has 9 aromatic rings. The average molecular weight is 590 g/mol. The number of aromatic nitrogens is 1. The molecule has 0 atom stereocenters. The molecule has 8 aromatic carbocycles. The molecule has 0 unspecified atom stereocenters. The van der Waals surface area contributed by atoms with Gasteiger partial charge < -0.3 is 9.80 Å². The van der Waals surface area contributed by atoms with Crippen LogP contribution in [-0.2, 0) is 0 Å². The number of nitrogens with zero attached hydrogens (tertiary/aromatic N) is 3. The molecular formula is C42H27N3O. The summed E-state index contributed by atoms with van der Waals surface area (Å²) in [5.74, 6) is 0. The molecule has 0 radical (unpaired) electrons. The lowest BCUT2D eigenvalue weighted by Crippen LogP contribution is -2.35. The molecule has 0 saturated carbocycles. The number of para-hydroxylation sites is 3. The number of fused-ring (bicyclic) bond motifs is 2. The molecule has 1 aliphatic rings. The Bertz CT molecular complexity index is 2590. The smallest absolute Gasteiger partial charge is 0.263 e. The molecule has 10 rings (SSSR count). The Morgan fingerprint density at radius 3 is 1.33 bits per heavy atom. The van der Waals surface area contributed by atoms with Crippen LogP contribution in [0.1, 0.15) is 0 Å². The lowest BCUT2D eigenvalue weighted by Gasteiger charge is -2.40. The van der Waals surface area contributed by atoms with Gasteiger partial charge in [-0.15, -0.1) is 0 Å². The largest absolute Gasteiger partial charge is 0.322 e. The highest BCUT2D eigenvalue weighted by Gasteiger charge is 2.29. The van der Waals surface area contributed by atoms with Crippen molar-refractivity contribution < 1.29 is 0 Å². The van der Waals surface area contributed by atoms with E-state index in [4.69, 9.17) is 0 Å². The Hall–Kier alpha value is -6.13. The van der Waals surface area contributed by atoms with E-state index in [0.717, 1.165) is 44.0 Å². The van der Waals surface area contributed by atoms with Gasteiger partial charge in [-0.25, -0.2) is 0 Å². The summed E-state index contributed by atoms with van der Waals surface area (Å²) >= 11 is 0. The van der Waals surface area contributed by atoms with Gasteiger partial charge in [-0.3, -0.25) is 9.36 Å². The number of benzene rings is 8. The monoisotopic (exact) mass is 589 g/mol. The van der Waals surface area contributed by atoms with Gasteiger partial charge >= 0.3 is 0 Å². The first-order chi connectivity index (χ1) is 22.7. The number of hydrogen-bond donors (Lipinski definition) is 0. The molecule has 2 heterocycles. The first-order valence-corrected chi connectivity index (χ1v) is 15.6. The quantitative estimate of drug-likeness (QED) is 0.152. The van der Waals surface area contributed by atoms with Gasteiger partial charge in [-0.2, -0.15) is 0 Å². The molecule has 0 fully saturated rings. The van der Waals surface area contributed by atoms with E-state index in [1.807, 2.05) is 36.4 Å². The van der Waals surface area contributed by atoms with E-state index in [1.165, 1.54) is 32.9 Å². The van der Waals surface area contributed by atoms with Crippen molar-refractivity contribution in [3.8, 4) is 5.69 Å². The van der Waals surface area contributed by atoms with Crippen LogP contribution in [0.2, 0.25) is 0 Å².